The van der Waals surface area contributed by atoms with Crippen molar-refractivity contribution in [3.8, 4) is 5.75 Å². The van der Waals surface area contributed by atoms with Gasteiger partial charge in [-0.05, 0) is 63.6 Å². The molecule has 2 aromatic rings. The Labute approximate surface area is 190 Å². The third kappa shape index (κ3) is 4.66. The van der Waals surface area contributed by atoms with Crippen LogP contribution in [-0.4, -0.2) is 64.1 Å². The first-order valence-corrected chi connectivity index (χ1v) is 11.7. The zero-order chi connectivity index (χ0) is 22.7. The standard InChI is InChI=1S/C25H34N4O3/c1-17-5-4-6-18(2)29(17)25(31)22-16-26-27-24(22)20-11-13-28(14-12-20)23(30)15-19-7-9-21(32-3)10-8-19/h7-10,16-18,20H,4-6,11-15H2,1-3H3,(H,26,27)/t17-,18-/m0/s1. The molecule has 7 nitrogen and oxygen atoms in total. The monoisotopic (exact) mass is 438 g/mol. The summed E-state index contributed by atoms with van der Waals surface area (Å²) >= 11 is 0. The average Bonchev–Trinajstić information content (AvgIpc) is 3.29. The Bertz CT molecular complexity index is 921. The lowest BCUT2D eigenvalue weighted by atomic mass is 9.90. The number of amides is 2. The largest absolute Gasteiger partial charge is 0.497 e. The van der Waals surface area contributed by atoms with Crippen molar-refractivity contribution in [3.63, 3.8) is 0 Å². The predicted octanol–water partition coefficient (Wildman–Crippen LogP) is 3.77. The SMILES string of the molecule is COc1ccc(CC(=O)N2CCC(c3[nH]ncc3C(=O)N3[C@@H](C)CCC[C@@H]3C)CC2)cc1. The summed E-state index contributed by atoms with van der Waals surface area (Å²) in [4.78, 5) is 30.1. The van der Waals surface area contributed by atoms with Gasteiger partial charge in [-0.2, -0.15) is 5.10 Å². The van der Waals surface area contributed by atoms with Crippen LogP contribution in [0.3, 0.4) is 0 Å². The first kappa shape index (κ1) is 22.4. The van der Waals surface area contributed by atoms with Gasteiger partial charge < -0.3 is 14.5 Å². The number of methoxy groups -OCH3 is 1. The van der Waals surface area contributed by atoms with E-state index in [0.717, 1.165) is 42.7 Å². The molecule has 0 bridgehead atoms. The number of benzene rings is 1. The first-order chi connectivity index (χ1) is 15.5. The minimum atomic E-state index is 0.0893. The second-order valence-electron chi connectivity index (χ2n) is 9.22. The minimum Gasteiger partial charge on any atom is -0.497 e. The lowest BCUT2D eigenvalue weighted by Gasteiger charge is -2.39. The third-order valence-corrected chi connectivity index (χ3v) is 7.10. The predicted molar refractivity (Wildman–Crippen MR) is 123 cm³/mol. The second kappa shape index (κ2) is 9.76. The van der Waals surface area contributed by atoms with Gasteiger partial charge >= 0.3 is 0 Å². The molecule has 2 aliphatic heterocycles. The van der Waals surface area contributed by atoms with Crippen molar-refractivity contribution >= 4 is 11.8 Å². The molecule has 0 saturated carbocycles. The summed E-state index contributed by atoms with van der Waals surface area (Å²) in [6.45, 7) is 5.67. The van der Waals surface area contributed by atoms with Crippen LogP contribution in [0.25, 0.3) is 0 Å². The fraction of sp³-hybridized carbons (Fsp3) is 0.560. The Morgan fingerprint density at radius 1 is 1.06 bits per heavy atom. The molecule has 2 amide bonds. The molecule has 2 atom stereocenters. The molecule has 0 radical (unpaired) electrons. The van der Waals surface area contributed by atoms with Gasteiger partial charge in [-0.25, -0.2) is 0 Å². The third-order valence-electron chi connectivity index (χ3n) is 7.10. The smallest absolute Gasteiger partial charge is 0.257 e. The van der Waals surface area contributed by atoms with Crippen LogP contribution < -0.4 is 4.74 Å². The molecule has 1 N–H and O–H groups in total. The summed E-state index contributed by atoms with van der Waals surface area (Å²) in [5, 5.41) is 7.33. The van der Waals surface area contributed by atoms with Crippen molar-refractivity contribution in [2.45, 2.75) is 70.4 Å². The van der Waals surface area contributed by atoms with E-state index in [1.54, 1.807) is 13.3 Å². The number of aromatic amines is 1. The van der Waals surface area contributed by atoms with E-state index in [1.165, 1.54) is 6.42 Å². The Kier molecular flexibility index (Phi) is 6.82. The maximum absolute atomic E-state index is 13.4. The lowest BCUT2D eigenvalue weighted by molar-refractivity contribution is -0.131. The van der Waals surface area contributed by atoms with E-state index < -0.39 is 0 Å². The molecule has 3 heterocycles. The summed E-state index contributed by atoms with van der Waals surface area (Å²) < 4.78 is 5.18. The molecular formula is C25H34N4O3. The van der Waals surface area contributed by atoms with Crippen LogP contribution in [-0.2, 0) is 11.2 Å². The Morgan fingerprint density at radius 2 is 1.72 bits per heavy atom. The van der Waals surface area contributed by atoms with E-state index in [1.807, 2.05) is 34.1 Å². The molecule has 2 saturated heterocycles. The van der Waals surface area contributed by atoms with E-state index in [4.69, 9.17) is 4.74 Å². The van der Waals surface area contributed by atoms with Crippen molar-refractivity contribution in [3.05, 3.63) is 47.3 Å². The fourth-order valence-corrected chi connectivity index (χ4v) is 5.19. The molecule has 172 valence electrons. The second-order valence-corrected chi connectivity index (χ2v) is 9.22. The first-order valence-electron chi connectivity index (χ1n) is 11.7. The van der Waals surface area contributed by atoms with Gasteiger partial charge in [-0.15, -0.1) is 0 Å². The van der Waals surface area contributed by atoms with Crippen LogP contribution in [0.2, 0.25) is 0 Å². The molecule has 7 heteroatoms. The van der Waals surface area contributed by atoms with Gasteiger partial charge in [0.25, 0.3) is 5.91 Å². The van der Waals surface area contributed by atoms with Crippen LogP contribution >= 0.6 is 0 Å². The van der Waals surface area contributed by atoms with Crippen molar-refractivity contribution in [1.82, 2.24) is 20.0 Å². The molecular weight excluding hydrogens is 404 g/mol. The number of rotatable bonds is 5. The Balaban J connectivity index is 1.37. The van der Waals surface area contributed by atoms with E-state index >= 15 is 0 Å². The number of carbonyl (C=O) groups is 2. The quantitative estimate of drug-likeness (QED) is 0.771. The summed E-state index contributed by atoms with van der Waals surface area (Å²) in [5.74, 6) is 1.24. The number of piperidine rings is 2. The number of H-pyrrole nitrogens is 1. The number of carbonyl (C=O) groups excluding carboxylic acids is 2. The highest BCUT2D eigenvalue weighted by Gasteiger charge is 2.34. The van der Waals surface area contributed by atoms with Gasteiger partial charge in [0.15, 0.2) is 0 Å². The molecule has 0 unspecified atom stereocenters. The van der Waals surface area contributed by atoms with Gasteiger partial charge in [0, 0.05) is 31.1 Å². The number of aromatic nitrogens is 2. The highest BCUT2D eigenvalue weighted by Crippen LogP contribution is 2.32. The number of nitrogens with zero attached hydrogens (tertiary/aromatic N) is 3. The van der Waals surface area contributed by atoms with Crippen molar-refractivity contribution in [2.24, 2.45) is 0 Å². The number of nitrogens with one attached hydrogen (secondary N) is 1. The number of likely N-dealkylation sites (tertiary alicyclic amines) is 2. The molecule has 32 heavy (non-hydrogen) atoms. The van der Waals surface area contributed by atoms with E-state index in [0.29, 0.717) is 25.1 Å². The minimum absolute atomic E-state index is 0.0893. The van der Waals surface area contributed by atoms with Gasteiger partial charge in [0.05, 0.1) is 31.0 Å². The summed E-state index contributed by atoms with van der Waals surface area (Å²) in [6.07, 6.45) is 7.03. The molecule has 0 aliphatic carbocycles. The Morgan fingerprint density at radius 3 is 2.34 bits per heavy atom. The highest BCUT2D eigenvalue weighted by molar-refractivity contribution is 5.95. The number of ether oxygens (including phenoxy) is 1. The lowest BCUT2D eigenvalue weighted by Crippen LogP contribution is -2.47. The molecule has 2 aliphatic rings. The maximum atomic E-state index is 13.4. The summed E-state index contributed by atoms with van der Waals surface area (Å²) in [7, 11) is 1.64. The summed E-state index contributed by atoms with van der Waals surface area (Å²) in [6, 6.07) is 8.16. The van der Waals surface area contributed by atoms with Crippen molar-refractivity contribution in [2.75, 3.05) is 20.2 Å². The fourth-order valence-electron chi connectivity index (χ4n) is 5.19. The molecule has 0 spiro atoms. The Hall–Kier alpha value is -2.83. The van der Waals surface area contributed by atoms with E-state index in [9.17, 15) is 9.59 Å². The van der Waals surface area contributed by atoms with Crippen LogP contribution in [0.5, 0.6) is 5.75 Å². The summed E-state index contributed by atoms with van der Waals surface area (Å²) in [5.41, 5.74) is 2.62. The van der Waals surface area contributed by atoms with Gasteiger partial charge in [-0.1, -0.05) is 12.1 Å². The zero-order valence-corrected chi connectivity index (χ0v) is 19.3. The van der Waals surface area contributed by atoms with Crippen molar-refractivity contribution in [1.29, 1.82) is 0 Å². The molecule has 2 fully saturated rings. The topological polar surface area (TPSA) is 78.5 Å². The molecule has 1 aromatic carbocycles. The van der Waals surface area contributed by atoms with Gasteiger partial charge in [-0.3, -0.25) is 14.7 Å². The normalized spacial score (nSPS) is 22.1. The van der Waals surface area contributed by atoms with Gasteiger partial charge in [0.2, 0.25) is 5.91 Å². The maximum Gasteiger partial charge on any atom is 0.257 e. The van der Waals surface area contributed by atoms with Crippen LogP contribution in [0.15, 0.2) is 30.5 Å². The van der Waals surface area contributed by atoms with E-state index in [-0.39, 0.29) is 29.8 Å². The molecule has 4 rings (SSSR count). The van der Waals surface area contributed by atoms with Crippen LogP contribution in [0.1, 0.15) is 73.5 Å². The van der Waals surface area contributed by atoms with E-state index in [2.05, 4.69) is 24.0 Å². The highest BCUT2D eigenvalue weighted by atomic mass is 16.5. The average molecular weight is 439 g/mol. The number of hydrogen-bond donors (Lipinski definition) is 1. The van der Waals surface area contributed by atoms with Crippen LogP contribution in [0.4, 0.5) is 0 Å². The van der Waals surface area contributed by atoms with Gasteiger partial charge in [0.1, 0.15) is 5.75 Å². The van der Waals surface area contributed by atoms with Crippen molar-refractivity contribution < 1.29 is 14.3 Å². The number of hydrogen-bond acceptors (Lipinski definition) is 4. The van der Waals surface area contributed by atoms with Crippen LogP contribution in [0, 0.1) is 0 Å². The molecule has 1 aromatic heterocycles. The zero-order valence-electron chi connectivity index (χ0n) is 19.3.